The standard InChI is InChI=1S/C28H31N9O3.CH4O/c1-17-5-7-18(8-6-17)26(39)31-13-3-4-20(16-38)34-27(40)19-9-11-22(12-10-19)37(2)15-21-14-32-25-23(33-21)24(29)35-28(30)36-25;1-2/h5-12,14,16,20H,3-4,13,15H2,1-2H3,(H,31,39)(H,34,40)(H4,29,30,32,35,36);2H,1H3. The quantitative estimate of drug-likeness (QED) is 0.129. The molecule has 2 aromatic carbocycles. The van der Waals surface area contributed by atoms with Gasteiger partial charge < -0.3 is 36.9 Å². The van der Waals surface area contributed by atoms with Crippen LogP contribution in [0.3, 0.4) is 0 Å². The van der Waals surface area contributed by atoms with Crippen LogP contribution in [-0.2, 0) is 11.3 Å². The Balaban J connectivity index is 0.00000237. The van der Waals surface area contributed by atoms with Crippen LogP contribution < -0.4 is 27.0 Å². The summed E-state index contributed by atoms with van der Waals surface area (Å²) in [5.41, 5.74) is 15.8. The molecule has 0 fully saturated rings. The number of nitrogen functional groups attached to an aromatic ring is 2. The molecule has 42 heavy (non-hydrogen) atoms. The highest BCUT2D eigenvalue weighted by atomic mass is 16.2. The number of carbonyl (C=O) groups excluding carboxylic acids is 3. The molecule has 0 spiro atoms. The molecular weight excluding hydrogens is 538 g/mol. The number of benzene rings is 2. The van der Waals surface area contributed by atoms with Crippen molar-refractivity contribution in [3.63, 3.8) is 0 Å². The fourth-order valence-electron chi connectivity index (χ4n) is 4.02. The second kappa shape index (κ2) is 15.0. The summed E-state index contributed by atoms with van der Waals surface area (Å²) in [4.78, 5) is 55.1. The Labute approximate surface area is 243 Å². The first kappa shape index (κ1) is 31.4. The number of aliphatic hydroxyl groups is 1. The highest BCUT2D eigenvalue weighted by molar-refractivity contribution is 5.96. The molecule has 2 heterocycles. The van der Waals surface area contributed by atoms with Gasteiger partial charge in [-0.1, -0.05) is 17.7 Å². The van der Waals surface area contributed by atoms with Crippen molar-refractivity contribution in [2.45, 2.75) is 32.4 Å². The van der Waals surface area contributed by atoms with Gasteiger partial charge in [0.25, 0.3) is 11.8 Å². The van der Waals surface area contributed by atoms with E-state index in [1.54, 1.807) is 42.6 Å². The van der Waals surface area contributed by atoms with Crippen LogP contribution in [0.15, 0.2) is 54.7 Å². The average molecular weight is 574 g/mol. The van der Waals surface area contributed by atoms with E-state index in [0.717, 1.165) is 18.4 Å². The van der Waals surface area contributed by atoms with Crippen LogP contribution in [-0.4, -0.2) is 69.9 Å². The topological polar surface area (TPSA) is 202 Å². The van der Waals surface area contributed by atoms with E-state index in [2.05, 4.69) is 30.6 Å². The summed E-state index contributed by atoms with van der Waals surface area (Å²) in [5.74, 6) is -0.330. The van der Waals surface area contributed by atoms with Crippen LogP contribution >= 0.6 is 0 Å². The van der Waals surface area contributed by atoms with Gasteiger partial charge in [0.15, 0.2) is 17.0 Å². The molecular formula is C29H35N9O4. The number of aliphatic hydroxyl groups excluding tert-OH is 1. The van der Waals surface area contributed by atoms with Crippen molar-refractivity contribution in [3.8, 4) is 0 Å². The minimum absolute atomic E-state index is 0.0372. The summed E-state index contributed by atoms with van der Waals surface area (Å²) < 4.78 is 0. The van der Waals surface area contributed by atoms with Gasteiger partial charge in [-0.15, -0.1) is 0 Å². The molecule has 1 unspecified atom stereocenters. The summed E-state index contributed by atoms with van der Waals surface area (Å²) in [7, 11) is 2.88. The van der Waals surface area contributed by atoms with Gasteiger partial charge >= 0.3 is 0 Å². The molecule has 4 rings (SSSR count). The molecule has 2 amide bonds. The number of anilines is 3. The highest BCUT2D eigenvalue weighted by Gasteiger charge is 2.15. The third-order valence-electron chi connectivity index (χ3n) is 6.24. The zero-order valence-corrected chi connectivity index (χ0v) is 23.7. The van der Waals surface area contributed by atoms with Gasteiger partial charge in [0.1, 0.15) is 6.29 Å². The third-order valence-corrected chi connectivity index (χ3v) is 6.24. The summed E-state index contributed by atoms with van der Waals surface area (Å²) in [6.07, 6.45) is 3.24. The summed E-state index contributed by atoms with van der Waals surface area (Å²) in [6.45, 7) is 2.77. The molecule has 2 aromatic heterocycles. The van der Waals surface area contributed by atoms with E-state index >= 15 is 0 Å². The van der Waals surface area contributed by atoms with E-state index in [0.29, 0.717) is 60.2 Å². The Morgan fingerprint density at radius 1 is 0.976 bits per heavy atom. The van der Waals surface area contributed by atoms with Crippen LogP contribution in [0.5, 0.6) is 0 Å². The van der Waals surface area contributed by atoms with Crippen molar-refractivity contribution in [1.29, 1.82) is 0 Å². The van der Waals surface area contributed by atoms with Crippen LogP contribution in [0, 0.1) is 6.92 Å². The van der Waals surface area contributed by atoms with Crippen molar-refractivity contribution >= 4 is 46.7 Å². The van der Waals surface area contributed by atoms with E-state index in [4.69, 9.17) is 16.6 Å². The molecule has 0 aliphatic carbocycles. The number of aromatic nitrogens is 4. The zero-order chi connectivity index (χ0) is 30.6. The monoisotopic (exact) mass is 573 g/mol. The van der Waals surface area contributed by atoms with Gasteiger partial charge in [0, 0.05) is 37.5 Å². The maximum atomic E-state index is 12.7. The zero-order valence-electron chi connectivity index (χ0n) is 23.7. The number of carbonyl (C=O) groups is 3. The van der Waals surface area contributed by atoms with Crippen molar-refractivity contribution in [1.82, 2.24) is 30.6 Å². The van der Waals surface area contributed by atoms with E-state index in [1.807, 2.05) is 31.0 Å². The van der Waals surface area contributed by atoms with Crippen molar-refractivity contribution in [3.05, 3.63) is 77.1 Å². The Hall–Kier alpha value is -5.17. The Morgan fingerprint density at radius 3 is 2.29 bits per heavy atom. The number of nitrogens with zero attached hydrogens (tertiary/aromatic N) is 5. The first-order chi connectivity index (χ1) is 20.2. The second-order valence-corrected chi connectivity index (χ2v) is 9.38. The molecule has 4 aromatic rings. The molecule has 0 bridgehead atoms. The summed E-state index contributed by atoms with van der Waals surface area (Å²) >= 11 is 0. The van der Waals surface area contributed by atoms with E-state index in [1.165, 1.54) is 0 Å². The van der Waals surface area contributed by atoms with E-state index < -0.39 is 6.04 Å². The van der Waals surface area contributed by atoms with Crippen molar-refractivity contribution in [2.75, 3.05) is 37.1 Å². The first-order valence-corrected chi connectivity index (χ1v) is 13.1. The predicted molar refractivity (Wildman–Crippen MR) is 161 cm³/mol. The van der Waals surface area contributed by atoms with Crippen LogP contribution in [0.4, 0.5) is 17.5 Å². The molecule has 0 saturated carbocycles. The van der Waals surface area contributed by atoms with Crippen LogP contribution in [0.2, 0.25) is 0 Å². The SMILES string of the molecule is CO.Cc1ccc(C(=O)NCCCC(C=O)NC(=O)c2ccc(N(C)Cc3cnc4nc(N)nc(N)c4n3)cc2)cc1. The van der Waals surface area contributed by atoms with Gasteiger partial charge in [0.2, 0.25) is 5.95 Å². The van der Waals surface area contributed by atoms with Crippen molar-refractivity contribution < 1.29 is 19.5 Å². The number of hydrogen-bond donors (Lipinski definition) is 5. The molecule has 0 radical (unpaired) electrons. The first-order valence-electron chi connectivity index (χ1n) is 13.1. The van der Waals surface area contributed by atoms with Crippen LogP contribution in [0.25, 0.3) is 11.2 Å². The lowest BCUT2D eigenvalue weighted by atomic mass is 10.1. The molecule has 0 saturated heterocycles. The van der Waals surface area contributed by atoms with E-state index in [-0.39, 0.29) is 23.6 Å². The lowest BCUT2D eigenvalue weighted by molar-refractivity contribution is -0.109. The fourth-order valence-corrected chi connectivity index (χ4v) is 4.02. The minimum Gasteiger partial charge on any atom is -0.400 e. The van der Waals surface area contributed by atoms with Gasteiger partial charge in [-0.2, -0.15) is 9.97 Å². The molecule has 0 aliphatic heterocycles. The molecule has 13 nitrogen and oxygen atoms in total. The molecule has 1 atom stereocenters. The molecule has 13 heteroatoms. The number of nitrogens with two attached hydrogens (primary N) is 2. The summed E-state index contributed by atoms with van der Waals surface area (Å²) in [6, 6.07) is 13.6. The smallest absolute Gasteiger partial charge is 0.251 e. The molecule has 0 aliphatic rings. The average Bonchev–Trinajstić information content (AvgIpc) is 3.00. The number of aryl methyl sites for hydroxylation is 1. The maximum absolute atomic E-state index is 12.7. The van der Waals surface area contributed by atoms with Gasteiger partial charge in [0.05, 0.1) is 24.5 Å². The number of hydrogen-bond acceptors (Lipinski definition) is 11. The lowest BCUT2D eigenvalue weighted by Crippen LogP contribution is -2.36. The highest BCUT2D eigenvalue weighted by Crippen LogP contribution is 2.19. The van der Waals surface area contributed by atoms with Gasteiger partial charge in [-0.3, -0.25) is 9.59 Å². The summed E-state index contributed by atoms with van der Waals surface area (Å²) in [5, 5.41) is 12.6. The Morgan fingerprint density at radius 2 is 1.62 bits per heavy atom. The third kappa shape index (κ3) is 8.41. The van der Waals surface area contributed by atoms with Gasteiger partial charge in [-0.25, -0.2) is 9.97 Å². The minimum atomic E-state index is -0.663. The largest absolute Gasteiger partial charge is 0.400 e. The van der Waals surface area contributed by atoms with Gasteiger partial charge in [-0.05, 0) is 56.2 Å². The molecule has 220 valence electrons. The Bertz CT molecular complexity index is 1510. The fraction of sp³-hybridized carbons (Fsp3) is 0.276. The lowest BCUT2D eigenvalue weighted by Gasteiger charge is -2.19. The number of fused-ring (bicyclic) bond motifs is 1. The van der Waals surface area contributed by atoms with Crippen molar-refractivity contribution in [2.24, 2.45) is 0 Å². The van der Waals surface area contributed by atoms with Crippen LogP contribution in [0.1, 0.15) is 44.8 Å². The number of nitrogens with one attached hydrogen (secondary N) is 2. The number of amides is 2. The number of aldehydes is 1. The molecule has 7 N–H and O–H groups in total. The number of rotatable bonds is 11. The Kier molecular flexibility index (Phi) is 11.2. The second-order valence-electron chi connectivity index (χ2n) is 9.38. The van der Waals surface area contributed by atoms with E-state index in [9.17, 15) is 14.4 Å². The normalized spacial score (nSPS) is 11.1. The maximum Gasteiger partial charge on any atom is 0.251 e. The predicted octanol–water partition coefficient (Wildman–Crippen LogP) is 1.65.